The van der Waals surface area contributed by atoms with Gasteiger partial charge in [-0.05, 0) is 41.4 Å². The Bertz CT molecular complexity index is 633. The SMILES string of the molecule is CN(Cc1ccc(Cl)cc1)Cc1cccc(CN=[N+]=[N-])c1. The topological polar surface area (TPSA) is 52.0 Å². The van der Waals surface area contributed by atoms with Gasteiger partial charge >= 0.3 is 0 Å². The number of hydrogen-bond donors (Lipinski definition) is 0. The summed E-state index contributed by atoms with van der Waals surface area (Å²) in [5.41, 5.74) is 11.8. The minimum absolute atomic E-state index is 0.394. The monoisotopic (exact) mass is 300 g/mol. The van der Waals surface area contributed by atoms with E-state index in [1.165, 1.54) is 11.1 Å². The summed E-state index contributed by atoms with van der Waals surface area (Å²) >= 11 is 5.89. The maximum atomic E-state index is 8.37. The fraction of sp³-hybridized carbons (Fsp3) is 0.250. The summed E-state index contributed by atoms with van der Waals surface area (Å²) in [4.78, 5) is 5.02. The van der Waals surface area contributed by atoms with Crippen molar-refractivity contribution in [2.45, 2.75) is 19.6 Å². The van der Waals surface area contributed by atoms with E-state index < -0.39 is 0 Å². The van der Waals surface area contributed by atoms with Crippen molar-refractivity contribution in [1.82, 2.24) is 4.90 Å². The van der Waals surface area contributed by atoms with Crippen LogP contribution in [0.5, 0.6) is 0 Å². The standard InChI is InChI=1S/C16H17ClN4/c1-21(11-13-5-7-16(17)8-6-13)12-15-4-2-3-14(9-15)10-19-20-18/h2-9H,10-12H2,1H3. The Morgan fingerprint density at radius 1 is 1.05 bits per heavy atom. The van der Waals surface area contributed by atoms with Crippen molar-refractivity contribution < 1.29 is 0 Å². The Kier molecular flexibility index (Phi) is 5.64. The zero-order chi connectivity index (χ0) is 15.1. The Balaban J connectivity index is 1.97. The van der Waals surface area contributed by atoms with Crippen LogP contribution >= 0.6 is 11.6 Å². The highest BCUT2D eigenvalue weighted by atomic mass is 35.5. The summed E-state index contributed by atoms with van der Waals surface area (Å²) in [6.07, 6.45) is 0. The highest BCUT2D eigenvalue weighted by Gasteiger charge is 2.03. The summed E-state index contributed by atoms with van der Waals surface area (Å²) in [6, 6.07) is 16.0. The van der Waals surface area contributed by atoms with Gasteiger partial charge in [-0.25, -0.2) is 0 Å². The molecule has 0 spiro atoms. The first-order valence-electron chi connectivity index (χ1n) is 6.69. The molecule has 0 aromatic heterocycles. The zero-order valence-corrected chi connectivity index (χ0v) is 12.7. The highest BCUT2D eigenvalue weighted by Crippen LogP contribution is 2.13. The number of rotatable bonds is 6. The molecule has 0 aliphatic rings. The third kappa shape index (κ3) is 5.12. The quantitative estimate of drug-likeness (QED) is 0.430. The smallest absolute Gasteiger partial charge is 0.0510 e. The van der Waals surface area contributed by atoms with Crippen LogP contribution in [0.15, 0.2) is 53.6 Å². The van der Waals surface area contributed by atoms with Gasteiger partial charge in [0.05, 0.1) is 6.54 Å². The van der Waals surface area contributed by atoms with E-state index in [-0.39, 0.29) is 0 Å². The summed E-state index contributed by atoms with van der Waals surface area (Å²) in [5, 5.41) is 4.35. The van der Waals surface area contributed by atoms with E-state index in [1.54, 1.807) is 0 Å². The van der Waals surface area contributed by atoms with E-state index in [1.807, 2.05) is 36.4 Å². The van der Waals surface area contributed by atoms with E-state index in [4.69, 9.17) is 17.1 Å². The lowest BCUT2D eigenvalue weighted by Crippen LogP contribution is -2.17. The van der Waals surface area contributed by atoms with Crippen molar-refractivity contribution in [2.75, 3.05) is 7.05 Å². The Morgan fingerprint density at radius 3 is 2.43 bits per heavy atom. The van der Waals surface area contributed by atoms with Crippen molar-refractivity contribution in [2.24, 2.45) is 5.11 Å². The van der Waals surface area contributed by atoms with Gasteiger partial charge in [-0.2, -0.15) is 0 Å². The maximum Gasteiger partial charge on any atom is 0.0510 e. The van der Waals surface area contributed by atoms with Crippen molar-refractivity contribution in [3.05, 3.63) is 80.7 Å². The molecule has 5 heteroatoms. The molecular formula is C16H17ClN4. The molecule has 0 atom stereocenters. The first kappa shape index (κ1) is 15.4. The Morgan fingerprint density at radius 2 is 1.71 bits per heavy atom. The highest BCUT2D eigenvalue weighted by molar-refractivity contribution is 6.30. The molecule has 4 nitrogen and oxygen atoms in total. The Hall–Kier alpha value is -2.00. The average molecular weight is 301 g/mol. The van der Waals surface area contributed by atoms with Gasteiger partial charge in [0, 0.05) is 23.0 Å². The van der Waals surface area contributed by atoms with Crippen LogP contribution in [0.2, 0.25) is 5.02 Å². The van der Waals surface area contributed by atoms with Gasteiger partial charge in [0.25, 0.3) is 0 Å². The first-order chi connectivity index (χ1) is 10.2. The van der Waals surface area contributed by atoms with E-state index >= 15 is 0 Å². The molecule has 2 aromatic rings. The van der Waals surface area contributed by atoms with E-state index in [9.17, 15) is 0 Å². The van der Waals surface area contributed by atoms with Gasteiger partial charge in [-0.3, -0.25) is 4.90 Å². The summed E-state index contributed by atoms with van der Waals surface area (Å²) in [6.45, 7) is 2.09. The lowest BCUT2D eigenvalue weighted by molar-refractivity contribution is 0.319. The number of hydrogen-bond acceptors (Lipinski definition) is 2. The minimum Gasteiger partial charge on any atom is -0.298 e. The molecule has 0 fully saturated rings. The van der Waals surface area contributed by atoms with Crippen LogP contribution in [0.4, 0.5) is 0 Å². The van der Waals surface area contributed by atoms with Crippen LogP contribution in [-0.2, 0) is 19.6 Å². The van der Waals surface area contributed by atoms with Gasteiger partial charge in [0.15, 0.2) is 0 Å². The van der Waals surface area contributed by atoms with E-state index in [0.717, 1.165) is 23.7 Å². The van der Waals surface area contributed by atoms with Gasteiger partial charge in [-0.1, -0.05) is 53.1 Å². The molecule has 108 valence electrons. The van der Waals surface area contributed by atoms with Gasteiger partial charge < -0.3 is 0 Å². The molecule has 0 amide bonds. The summed E-state index contributed by atoms with van der Waals surface area (Å²) in [7, 11) is 2.08. The summed E-state index contributed by atoms with van der Waals surface area (Å²) in [5.74, 6) is 0. The fourth-order valence-corrected chi connectivity index (χ4v) is 2.33. The molecular weight excluding hydrogens is 284 g/mol. The van der Waals surface area contributed by atoms with Crippen molar-refractivity contribution >= 4 is 11.6 Å². The predicted molar refractivity (Wildman–Crippen MR) is 85.9 cm³/mol. The lowest BCUT2D eigenvalue weighted by atomic mass is 10.1. The lowest BCUT2D eigenvalue weighted by Gasteiger charge is -2.17. The van der Waals surface area contributed by atoms with E-state index in [0.29, 0.717) is 6.54 Å². The third-order valence-electron chi connectivity index (χ3n) is 3.13. The van der Waals surface area contributed by atoms with Crippen LogP contribution in [0.25, 0.3) is 10.4 Å². The molecule has 0 saturated heterocycles. The summed E-state index contributed by atoms with van der Waals surface area (Å²) < 4.78 is 0. The second-order valence-corrected chi connectivity index (χ2v) is 5.44. The number of halogens is 1. The third-order valence-corrected chi connectivity index (χ3v) is 3.38. The molecule has 0 radical (unpaired) electrons. The van der Waals surface area contributed by atoms with Crippen LogP contribution in [0.1, 0.15) is 16.7 Å². The van der Waals surface area contributed by atoms with Crippen LogP contribution < -0.4 is 0 Å². The molecule has 0 unspecified atom stereocenters. The average Bonchev–Trinajstić information content (AvgIpc) is 2.48. The molecule has 0 bridgehead atoms. The van der Waals surface area contributed by atoms with Crippen molar-refractivity contribution in [3.8, 4) is 0 Å². The molecule has 0 heterocycles. The van der Waals surface area contributed by atoms with Crippen LogP contribution in [0, 0.1) is 0 Å². The molecule has 0 saturated carbocycles. The van der Waals surface area contributed by atoms with Crippen LogP contribution in [0.3, 0.4) is 0 Å². The fourth-order valence-electron chi connectivity index (χ4n) is 2.21. The van der Waals surface area contributed by atoms with Gasteiger partial charge in [-0.15, -0.1) is 0 Å². The second-order valence-electron chi connectivity index (χ2n) is 5.01. The molecule has 21 heavy (non-hydrogen) atoms. The van der Waals surface area contributed by atoms with Crippen LogP contribution in [-0.4, -0.2) is 11.9 Å². The zero-order valence-electron chi connectivity index (χ0n) is 11.9. The number of nitrogens with zero attached hydrogens (tertiary/aromatic N) is 4. The molecule has 2 aromatic carbocycles. The van der Waals surface area contributed by atoms with Gasteiger partial charge in [0.1, 0.15) is 0 Å². The van der Waals surface area contributed by atoms with E-state index in [2.05, 4.69) is 34.1 Å². The predicted octanol–water partition coefficient (Wildman–Crippen LogP) is 4.78. The molecule has 2 rings (SSSR count). The molecule has 0 aliphatic heterocycles. The van der Waals surface area contributed by atoms with Gasteiger partial charge in [0.2, 0.25) is 0 Å². The first-order valence-corrected chi connectivity index (χ1v) is 7.07. The molecule has 0 N–H and O–H groups in total. The number of benzene rings is 2. The largest absolute Gasteiger partial charge is 0.298 e. The minimum atomic E-state index is 0.394. The van der Waals surface area contributed by atoms with Crippen molar-refractivity contribution in [3.63, 3.8) is 0 Å². The van der Waals surface area contributed by atoms with Crippen molar-refractivity contribution in [1.29, 1.82) is 0 Å². The maximum absolute atomic E-state index is 8.37. The normalized spacial score (nSPS) is 10.4. The number of azide groups is 1. The second kappa shape index (κ2) is 7.70. The Labute approximate surface area is 129 Å². The molecule has 0 aliphatic carbocycles.